The van der Waals surface area contributed by atoms with E-state index in [1.54, 1.807) is 43.3 Å². The molecule has 0 aromatic heterocycles. The lowest BCUT2D eigenvalue weighted by atomic mass is 10.2. The Morgan fingerprint density at radius 3 is 2.39 bits per heavy atom. The number of halogens is 2. The predicted molar refractivity (Wildman–Crippen MR) is 117 cm³/mol. The maximum absolute atomic E-state index is 13.1. The van der Waals surface area contributed by atoms with E-state index in [2.05, 4.69) is 52.7 Å². The second-order valence-corrected chi connectivity index (χ2v) is 6.94. The quantitative estimate of drug-likeness (QED) is 0.202. The second-order valence-electron chi connectivity index (χ2n) is 5.56. The lowest BCUT2D eigenvalue weighted by Gasteiger charge is -2.12. The molecule has 0 saturated carbocycles. The number of urea groups is 1. The van der Waals surface area contributed by atoms with Gasteiger partial charge in [-0.15, -0.1) is 35.5 Å². The zero-order valence-corrected chi connectivity index (χ0v) is 17.2. The van der Waals surface area contributed by atoms with Gasteiger partial charge in [-0.1, -0.05) is 18.2 Å². The number of azo groups is 1. The summed E-state index contributed by atoms with van der Waals surface area (Å²) >= 11 is 14.4. The van der Waals surface area contributed by atoms with Crippen LogP contribution >= 0.6 is 36.9 Å². The molecule has 2 rings (SSSR count). The van der Waals surface area contributed by atoms with Gasteiger partial charge in [-0.05, 0) is 43.3 Å². The third-order valence-electron chi connectivity index (χ3n) is 3.38. The van der Waals surface area contributed by atoms with Crippen molar-refractivity contribution >= 4 is 65.6 Å². The molecule has 2 amide bonds. The first kappa shape index (κ1) is 21.8. The van der Waals surface area contributed by atoms with Crippen LogP contribution in [0.4, 0.5) is 31.9 Å². The minimum absolute atomic E-state index is 0.137. The second kappa shape index (κ2) is 9.63. The Labute approximate surface area is 177 Å². The molecule has 28 heavy (non-hydrogen) atoms. The van der Waals surface area contributed by atoms with E-state index in [-0.39, 0.29) is 5.03 Å². The molecular formula is C18H17ClFN5OS2. The van der Waals surface area contributed by atoms with Crippen LogP contribution in [0.1, 0.15) is 6.92 Å². The van der Waals surface area contributed by atoms with Crippen LogP contribution in [0.25, 0.3) is 0 Å². The van der Waals surface area contributed by atoms with Crippen molar-refractivity contribution in [2.75, 3.05) is 10.6 Å². The molecule has 4 N–H and O–H groups in total. The molecule has 6 nitrogen and oxygen atoms in total. The average Bonchev–Trinajstić information content (AvgIpc) is 2.61. The van der Waals surface area contributed by atoms with Crippen LogP contribution < -0.4 is 16.4 Å². The van der Waals surface area contributed by atoms with Gasteiger partial charge >= 0.3 is 6.03 Å². The van der Waals surface area contributed by atoms with Crippen LogP contribution in [0.15, 0.2) is 79.6 Å². The van der Waals surface area contributed by atoms with Crippen molar-refractivity contribution < 1.29 is 9.18 Å². The largest absolute Gasteiger partial charge is 0.358 e. The zero-order valence-electron chi connectivity index (χ0n) is 14.7. The standard InChI is InChI=1S/C18H17ClFN5OS2/c1-9(20)17(19)10(2)22-11-3-5-13(15(7-11)23-18(21)26)24-25-14-6-4-12(27)8-16(14)28/h3-8,22,27-28H,1H2,2H3,(H3,21,23,26)/b17-10-,25-24+. The number of nitrogens with zero attached hydrogens (tertiary/aromatic N) is 2. The Kier molecular flexibility index (Phi) is 7.50. The smallest absolute Gasteiger partial charge is 0.316 e. The van der Waals surface area contributed by atoms with Crippen LogP contribution in [0, 0.1) is 0 Å². The van der Waals surface area contributed by atoms with E-state index < -0.39 is 11.9 Å². The van der Waals surface area contributed by atoms with Gasteiger partial charge in [0.05, 0.1) is 16.4 Å². The third kappa shape index (κ3) is 6.01. The molecule has 0 fully saturated rings. The number of carbonyl (C=O) groups is 1. The van der Waals surface area contributed by atoms with Gasteiger partial charge in [0.15, 0.2) is 0 Å². The van der Waals surface area contributed by atoms with Crippen molar-refractivity contribution in [3.05, 3.63) is 59.5 Å². The van der Waals surface area contributed by atoms with Gasteiger partial charge in [0.25, 0.3) is 0 Å². The average molecular weight is 438 g/mol. The van der Waals surface area contributed by atoms with Crippen LogP contribution in [0.2, 0.25) is 0 Å². The minimum Gasteiger partial charge on any atom is -0.358 e. The number of nitrogens with one attached hydrogen (secondary N) is 2. The molecule has 2 aromatic rings. The number of carbonyl (C=O) groups excluding carboxylic acids is 1. The summed E-state index contributed by atoms with van der Waals surface area (Å²) in [6.45, 7) is 4.73. The van der Waals surface area contributed by atoms with Gasteiger partial charge in [-0.3, -0.25) is 0 Å². The summed E-state index contributed by atoms with van der Waals surface area (Å²) in [4.78, 5) is 12.7. The van der Waals surface area contributed by atoms with Crippen molar-refractivity contribution in [1.82, 2.24) is 0 Å². The molecular weight excluding hydrogens is 421 g/mol. The first-order valence-electron chi connectivity index (χ1n) is 7.79. The SMILES string of the molecule is C=C(F)/C(Cl)=C(\C)Nc1ccc(/N=N/c2ccc(S)cc2S)c(NC(N)=O)c1. The van der Waals surface area contributed by atoms with Crippen molar-refractivity contribution in [3.8, 4) is 0 Å². The maximum Gasteiger partial charge on any atom is 0.316 e. The number of thiol groups is 2. The number of amides is 2. The highest BCUT2D eigenvalue weighted by Crippen LogP contribution is 2.33. The number of hydrogen-bond acceptors (Lipinski definition) is 6. The van der Waals surface area contributed by atoms with Gasteiger partial charge in [0.2, 0.25) is 0 Å². The first-order valence-corrected chi connectivity index (χ1v) is 9.07. The van der Waals surface area contributed by atoms with E-state index in [0.717, 1.165) is 4.90 Å². The van der Waals surface area contributed by atoms with Crippen molar-refractivity contribution in [3.63, 3.8) is 0 Å². The molecule has 0 atom stereocenters. The zero-order chi connectivity index (χ0) is 20.8. The van der Waals surface area contributed by atoms with Crippen LogP contribution in [-0.2, 0) is 0 Å². The molecule has 0 spiro atoms. The Bertz CT molecular complexity index is 994. The lowest BCUT2D eigenvalue weighted by Crippen LogP contribution is -2.19. The molecule has 0 unspecified atom stereocenters. The van der Waals surface area contributed by atoms with Crippen LogP contribution in [-0.4, -0.2) is 6.03 Å². The number of allylic oxidation sites excluding steroid dienone is 3. The van der Waals surface area contributed by atoms with E-state index in [4.69, 9.17) is 17.3 Å². The molecule has 0 radical (unpaired) electrons. The Morgan fingerprint density at radius 1 is 1.14 bits per heavy atom. The van der Waals surface area contributed by atoms with E-state index in [1.165, 1.54) is 0 Å². The van der Waals surface area contributed by atoms with Gasteiger partial charge < -0.3 is 16.4 Å². The Hall–Kier alpha value is -2.49. The molecule has 0 bridgehead atoms. The normalized spacial score (nSPS) is 11.9. The summed E-state index contributed by atoms with van der Waals surface area (Å²) in [5.41, 5.74) is 7.28. The van der Waals surface area contributed by atoms with Crippen LogP contribution in [0.3, 0.4) is 0 Å². The molecule has 0 aliphatic carbocycles. The number of hydrogen-bond donors (Lipinski definition) is 5. The summed E-state index contributed by atoms with van der Waals surface area (Å²) < 4.78 is 13.1. The number of nitrogens with two attached hydrogens (primary N) is 1. The Morgan fingerprint density at radius 2 is 1.79 bits per heavy atom. The first-order chi connectivity index (χ1) is 13.2. The van der Waals surface area contributed by atoms with Crippen LogP contribution in [0.5, 0.6) is 0 Å². The number of primary amides is 1. The van der Waals surface area contributed by atoms with Crippen molar-refractivity contribution in [1.29, 1.82) is 0 Å². The monoisotopic (exact) mass is 437 g/mol. The summed E-state index contributed by atoms with van der Waals surface area (Å²) in [5.74, 6) is -0.762. The highest BCUT2D eigenvalue weighted by atomic mass is 35.5. The molecule has 0 aliphatic rings. The molecule has 10 heteroatoms. The molecule has 0 heterocycles. The van der Waals surface area contributed by atoms with Gasteiger partial charge in [0, 0.05) is 21.2 Å². The third-order valence-corrected chi connectivity index (χ3v) is 4.50. The fraction of sp³-hybridized carbons (Fsp3) is 0.0556. The van der Waals surface area contributed by atoms with Gasteiger partial charge in [0.1, 0.15) is 11.5 Å². The molecule has 2 aromatic carbocycles. The lowest BCUT2D eigenvalue weighted by molar-refractivity contribution is 0.259. The van der Waals surface area contributed by atoms with Crippen molar-refractivity contribution in [2.24, 2.45) is 16.0 Å². The van der Waals surface area contributed by atoms with Gasteiger partial charge in [-0.2, -0.15) is 0 Å². The summed E-state index contributed by atoms with van der Waals surface area (Å²) in [5, 5.41) is 13.5. The van der Waals surface area contributed by atoms with Gasteiger partial charge in [-0.25, -0.2) is 9.18 Å². The Balaban J connectivity index is 2.36. The number of benzene rings is 2. The van der Waals surface area contributed by atoms with Crippen molar-refractivity contribution in [2.45, 2.75) is 16.7 Å². The van der Waals surface area contributed by atoms with E-state index in [0.29, 0.717) is 33.3 Å². The summed E-state index contributed by atoms with van der Waals surface area (Å²) in [6, 6.07) is 9.25. The summed E-state index contributed by atoms with van der Waals surface area (Å²) in [7, 11) is 0. The van der Waals surface area contributed by atoms with E-state index >= 15 is 0 Å². The molecule has 146 valence electrons. The predicted octanol–water partition coefficient (Wildman–Crippen LogP) is 6.54. The topological polar surface area (TPSA) is 91.9 Å². The van der Waals surface area contributed by atoms with E-state index in [1.807, 2.05) is 0 Å². The highest BCUT2D eigenvalue weighted by Gasteiger charge is 2.09. The molecule has 0 saturated heterocycles. The molecule has 0 aliphatic heterocycles. The number of rotatable bonds is 6. The fourth-order valence-electron chi connectivity index (χ4n) is 2.11. The summed E-state index contributed by atoms with van der Waals surface area (Å²) in [6.07, 6.45) is 0. The van der Waals surface area contributed by atoms with E-state index in [9.17, 15) is 9.18 Å². The maximum atomic E-state index is 13.1. The highest BCUT2D eigenvalue weighted by molar-refractivity contribution is 7.81. The fourth-order valence-corrected chi connectivity index (χ4v) is 2.72. The number of anilines is 2. The minimum atomic E-state index is -0.773.